The van der Waals surface area contributed by atoms with Crippen LogP contribution in [0.3, 0.4) is 0 Å². The molecule has 1 aliphatic rings. The molecule has 1 aliphatic heterocycles. The van der Waals surface area contributed by atoms with E-state index in [0.29, 0.717) is 15.6 Å². The van der Waals surface area contributed by atoms with Crippen molar-refractivity contribution in [3.8, 4) is 11.1 Å². The lowest BCUT2D eigenvalue weighted by Gasteiger charge is -2.15. The van der Waals surface area contributed by atoms with Gasteiger partial charge in [0.15, 0.2) is 0 Å². The summed E-state index contributed by atoms with van der Waals surface area (Å²) in [4.78, 5) is 18.6. The van der Waals surface area contributed by atoms with Crippen LogP contribution in [0.5, 0.6) is 0 Å². The van der Waals surface area contributed by atoms with E-state index in [9.17, 15) is 13.6 Å². The van der Waals surface area contributed by atoms with Gasteiger partial charge >= 0.3 is 0 Å². The van der Waals surface area contributed by atoms with Gasteiger partial charge in [-0.15, -0.1) is 11.3 Å². The van der Waals surface area contributed by atoms with Gasteiger partial charge in [0.25, 0.3) is 5.91 Å². The Bertz CT molecular complexity index is 1070. The molecule has 1 atom stereocenters. The molecule has 0 saturated carbocycles. The summed E-state index contributed by atoms with van der Waals surface area (Å²) < 4.78 is 28.8. The van der Waals surface area contributed by atoms with Crippen LogP contribution >= 0.6 is 22.9 Å². The Morgan fingerprint density at radius 3 is 2.68 bits per heavy atom. The molecule has 0 bridgehead atoms. The smallest absolute Gasteiger partial charge is 0.268 e. The van der Waals surface area contributed by atoms with E-state index < -0.39 is 23.6 Å². The third kappa shape index (κ3) is 3.76. The highest BCUT2D eigenvalue weighted by molar-refractivity contribution is 7.18. The average molecular weight is 419 g/mol. The summed E-state index contributed by atoms with van der Waals surface area (Å²) in [6.45, 7) is 0. The highest BCUT2D eigenvalue weighted by Gasteiger charge is 2.30. The van der Waals surface area contributed by atoms with Gasteiger partial charge in [-0.3, -0.25) is 4.79 Å². The molecule has 0 aliphatic carbocycles. The number of carbonyl (C=O) groups is 1. The fourth-order valence-electron chi connectivity index (χ4n) is 2.88. The third-order valence-corrected chi connectivity index (χ3v) is 5.49. The van der Waals surface area contributed by atoms with Crippen LogP contribution in [0, 0.1) is 11.6 Å². The topological polar surface area (TPSA) is 50.7 Å². The number of thiophene rings is 1. The van der Waals surface area contributed by atoms with Crippen LogP contribution in [0.2, 0.25) is 4.34 Å². The number of hydrogen-bond donors (Lipinski definition) is 1. The van der Waals surface area contributed by atoms with Crippen LogP contribution in [0.4, 0.5) is 14.5 Å². The van der Waals surface area contributed by atoms with Crippen molar-refractivity contribution in [3.63, 3.8) is 0 Å². The normalized spacial score (nSPS) is 15.8. The highest BCUT2D eigenvalue weighted by Crippen LogP contribution is 2.32. The maximum atomic E-state index is 14.5. The van der Waals surface area contributed by atoms with Gasteiger partial charge in [0.2, 0.25) is 6.10 Å². The zero-order valence-corrected chi connectivity index (χ0v) is 15.9. The van der Waals surface area contributed by atoms with Crippen LogP contribution in [-0.2, 0) is 9.63 Å². The first kappa shape index (κ1) is 18.6. The Kier molecular flexibility index (Phi) is 5.11. The minimum atomic E-state index is -0.913. The number of hydrogen-bond acceptors (Lipinski definition) is 4. The van der Waals surface area contributed by atoms with E-state index in [1.165, 1.54) is 17.4 Å². The van der Waals surface area contributed by atoms with Crippen molar-refractivity contribution in [2.75, 3.05) is 5.32 Å². The number of halogens is 3. The Hall–Kier alpha value is -2.77. The van der Waals surface area contributed by atoms with Gasteiger partial charge in [-0.1, -0.05) is 47.1 Å². The number of oxime groups is 1. The maximum Gasteiger partial charge on any atom is 0.268 e. The molecule has 0 saturated heterocycles. The molecule has 1 aromatic heterocycles. The predicted octanol–water partition coefficient (Wildman–Crippen LogP) is 5.48. The first-order chi connectivity index (χ1) is 13.5. The van der Waals surface area contributed by atoms with E-state index in [1.54, 1.807) is 42.5 Å². The lowest BCUT2D eigenvalue weighted by atomic mass is 10.0. The molecule has 2 aromatic carbocycles. The van der Waals surface area contributed by atoms with Gasteiger partial charge in [0.1, 0.15) is 17.3 Å². The largest absolute Gasteiger partial charge is 0.382 e. The SMILES string of the molecule is O=C(Nc1c(F)cc(F)cc1-c1ccccc1)[C@H]1CC(c2ccc(Cl)s2)=NO1. The van der Waals surface area contributed by atoms with Crippen LogP contribution in [0.15, 0.2) is 59.8 Å². The molecule has 1 amide bonds. The summed E-state index contributed by atoms with van der Waals surface area (Å²) in [5, 5.41) is 6.46. The van der Waals surface area contributed by atoms with Gasteiger partial charge < -0.3 is 10.2 Å². The number of nitrogens with one attached hydrogen (secondary N) is 1. The second-order valence-electron chi connectivity index (χ2n) is 6.11. The number of rotatable bonds is 4. The number of nitrogens with zero attached hydrogens (tertiary/aromatic N) is 1. The van der Waals surface area contributed by atoms with Gasteiger partial charge in [-0.25, -0.2) is 8.78 Å². The summed E-state index contributed by atoms with van der Waals surface area (Å²) in [5.41, 5.74) is 1.32. The molecule has 8 heteroatoms. The van der Waals surface area contributed by atoms with Crippen molar-refractivity contribution in [1.29, 1.82) is 0 Å². The van der Waals surface area contributed by atoms with Gasteiger partial charge in [-0.2, -0.15) is 0 Å². The Morgan fingerprint density at radius 2 is 1.96 bits per heavy atom. The molecular formula is C20H13ClF2N2O2S. The van der Waals surface area contributed by atoms with Gasteiger partial charge in [0.05, 0.1) is 14.9 Å². The fraction of sp³-hybridized carbons (Fsp3) is 0.100. The van der Waals surface area contributed by atoms with Crippen LogP contribution in [-0.4, -0.2) is 17.7 Å². The summed E-state index contributed by atoms with van der Waals surface area (Å²) in [5.74, 6) is -2.16. The number of anilines is 1. The van der Waals surface area contributed by atoms with E-state index in [1.807, 2.05) is 0 Å². The molecule has 1 N–H and O–H groups in total. The van der Waals surface area contributed by atoms with Crippen molar-refractivity contribution in [2.45, 2.75) is 12.5 Å². The van der Waals surface area contributed by atoms with Crippen LogP contribution < -0.4 is 5.32 Å². The Morgan fingerprint density at radius 1 is 1.18 bits per heavy atom. The molecular weight excluding hydrogens is 406 g/mol. The molecule has 0 radical (unpaired) electrons. The second-order valence-corrected chi connectivity index (χ2v) is 7.82. The molecule has 2 heterocycles. The average Bonchev–Trinajstić information content (AvgIpc) is 3.33. The molecule has 0 spiro atoms. The standard InChI is InChI=1S/C20H13ClF2N2O2S/c21-18-7-6-17(28-18)15-10-16(27-25-15)20(26)24-19-13(8-12(22)9-14(19)23)11-4-2-1-3-5-11/h1-9,16H,10H2,(H,24,26)/t16-/m1/s1. The van der Waals surface area contributed by atoms with Crippen molar-refractivity contribution >= 4 is 40.2 Å². The fourth-order valence-corrected chi connectivity index (χ4v) is 3.92. The van der Waals surface area contributed by atoms with Gasteiger partial charge in [-0.05, 0) is 23.8 Å². The third-order valence-electron chi connectivity index (χ3n) is 4.21. The molecule has 0 fully saturated rings. The Balaban J connectivity index is 1.56. The molecule has 0 unspecified atom stereocenters. The monoisotopic (exact) mass is 418 g/mol. The zero-order valence-electron chi connectivity index (χ0n) is 14.3. The van der Waals surface area contributed by atoms with E-state index in [4.69, 9.17) is 16.4 Å². The first-order valence-corrected chi connectivity index (χ1v) is 9.54. The minimum absolute atomic E-state index is 0.103. The van der Waals surface area contributed by atoms with E-state index >= 15 is 0 Å². The minimum Gasteiger partial charge on any atom is -0.382 e. The Labute approximate surface area is 168 Å². The van der Waals surface area contributed by atoms with E-state index in [-0.39, 0.29) is 17.7 Å². The summed E-state index contributed by atoms with van der Waals surface area (Å²) in [6, 6.07) is 14.1. The van der Waals surface area contributed by atoms with Crippen molar-refractivity contribution in [3.05, 3.63) is 75.4 Å². The summed E-state index contributed by atoms with van der Waals surface area (Å²) >= 11 is 7.25. The summed E-state index contributed by atoms with van der Waals surface area (Å²) in [7, 11) is 0. The molecule has 28 heavy (non-hydrogen) atoms. The molecule has 4 rings (SSSR count). The predicted molar refractivity (Wildman–Crippen MR) is 106 cm³/mol. The molecule has 3 aromatic rings. The highest BCUT2D eigenvalue weighted by atomic mass is 35.5. The number of carbonyl (C=O) groups excluding carboxylic acids is 1. The van der Waals surface area contributed by atoms with Crippen LogP contribution in [0.1, 0.15) is 11.3 Å². The zero-order chi connectivity index (χ0) is 19.7. The number of benzene rings is 2. The maximum absolute atomic E-state index is 14.5. The molecule has 4 nitrogen and oxygen atoms in total. The van der Waals surface area contributed by atoms with Gasteiger partial charge in [0, 0.05) is 18.1 Å². The van der Waals surface area contributed by atoms with E-state index in [0.717, 1.165) is 10.9 Å². The van der Waals surface area contributed by atoms with Crippen molar-refractivity contribution in [2.24, 2.45) is 5.16 Å². The van der Waals surface area contributed by atoms with Crippen molar-refractivity contribution in [1.82, 2.24) is 0 Å². The summed E-state index contributed by atoms with van der Waals surface area (Å²) in [6.07, 6.45) is -0.685. The lowest BCUT2D eigenvalue weighted by Crippen LogP contribution is -2.28. The lowest BCUT2D eigenvalue weighted by molar-refractivity contribution is -0.125. The number of amides is 1. The van der Waals surface area contributed by atoms with Crippen molar-refractivity contribution < 1.29 is 18.4 Å². The van der Waals surface area contributed by atoms with Crippen LogP contribution in [0.25, 0.3) is 11.1 Å². The first-order valence-electron chi connectivity index (χ1n) is 8.35. The van der Waals surface area contributed by atoms with E-state index in [2.05, 4.69) is 10.5 Å². The molecule has 142 valence electrons. The quantitative estimate of drug-likeness (QED) is 0.610. The second kappa shape index (κ2) is 7.69.